The molecule has 0 fully saturated rings. The van der Waals surface area contributed by atoms with Crippen LogP contribution in [-0.2, 0) is 0 Å². The minimum atomic E-state index is -0.380. The van der Waals surface area contributed by atoms with E-state index in [2.05, 4.69) is 29.5 Å². The van der Waals surface area contributed by atoms with Gasteiger partial charge in [-0.05, 0) is 30.0 Å². The molecule has 0 saturated carbocycles. The Morgan fingerprint density at radius 1 is 1.16 bits per heavy atom. The summed E-state index contributed by atoms with van der Waals surface area (Å²) in [4.78, 5) is 12.2. The maximum atomic E-state index is 13.8. The smallest absolute Gasteiger partial charge is 0.254 e. The van der Waals surface area contributed by atoms with Crippen LogP contribution in [0.4, 0.5) is 4.39 Å². The van der Waals surface area contributed by atoms with Crippen molar-refractivity contribution in [1.82, 2.24) is 15.1 Å². The lowest BCUT2D eigenvalue weighted by Gasteiger charge is -2.12. The molecule has 1 atom stereocenters. The molecule has 4 nitrogen and oxygen atoms in total. The standard InChI is InChI=1S/C20H20FN3O/c1-15(16-7-3-2-4-8-16)11-12-22-20(25)17-13-23-24(14-17)19-10-6-5-9-18(19)21/h2-10,13-15H,11-12H2,1H3,(H,22,25). The second kappa shape index (κ2) is 7.75. The second-order valence-corrected chi connectivity index (χ2v) is 5.98. The number of aromatic nitrogens is 2. The number of halogens is 1. The van der Waals surface area contributed by atoms with E-state index in [-0.39, 0.29) is 11.7 Å². The highest BCUT2D eigenvalue weighted by Gasteiger charge is 2.12. The van der Waals surface area contributed by atoms with Crippen molar-refractivity contribution in [3.63, 3.8) is 0 Å². The van der Waals surface area contributed by atoms with Gasteiger partial charge >= 0.3 is 0 Å². The normalized spacial score (nSPS) is 11.9. The summed E-state index contributed by atoms with van der Waals surface area (Å²) in [6, 6.07) is 16.5. The summed E-state index contributed by atoms with van der Waals surface area (Å²) in [5.41, 5.74) is 1.99. The van der Waals surface area contributed by atoms with Crippen molar-refractivity contribution < 1.29 is 9.18 Å². The molecule has 25 heavy (non-hydrogen) atoms. The van der Waals surface area contributed by atoms with Crippen molar-refractivity contribution in [2.24, 2.45) is 0 Å². The van der Waals surface area contributed by atoms with Gasteiger partial charge in [0.15, 0.2) is 0 Å². The Morgan fingerprint density at radius 2 is 1.88 bits per heavy atom. The number of nitrogens with zero attached hydrogens (tertiary/aromatic N) is 2. The van der Waals surface area contributed by atoms with Crippen LogP contribution in [0.2, 0.25) is 0 Å². The minimum absolute atomic E-state index is 0.206. The number of benzene rings is 2. The van der Waals surface area contributed by atoms with Gasteiger partial charge in [0.2, 0.25) is 0 Å². The molecule has 0 radical (unpaired) electrons. The van der Waals surface area contributed by atoms with Gasteiger partial charge in [-0.3, -0.25) is 4.79 Å². The van der Waals surface area contributed by atoms with Crippen LogP contribution in [-0.4, -0.2) is 22.2 Å². The molecule has 1 amide bonds. The molecule has 2 aromatic carbocycles. The molecule has 3 aromatic rings. The highest BCUT2D eigenvalue weighted by Crippen LogP contribution is 2.17. The first-order chi connectivity index (χ1) is 12.1. The summed E-state index contributed by atoms with van der Waals surface area (Å²) in [5.74, 6) is -0.222. The molecule has 1 unspecified atom stereocenters. The number of amides is 1. The number of rotatable bonds is 6. The lowest BCUT2D eigenvalue weighted by atomic mass is 9.98. The van der Waals surface area contributed by atoms with Gasteiger partial charge in [0, 0.05) is 12.7 Å². The van der Waals surface area contributed by atoms with E-state index in [1.165, 1.54) is 28.7 Å². The van der Waals surface area contributed by atoms with Gasteiger partial charge in [0.25, 0.3) is 5.91 Å². The number of carbonyl (C=O) groups excluding carboxylic acids is 1. The number of carbonyl (C=O) groups is 1. The zero-order chi connectivity index (χ0) is 17.6. The topological polar surface area (TPSA) is 46.9 Å². The van der Waals surface area contributed by atoms with Crippen LogP contribution in [0.5, 0.6) is 0 Å². The Balaban J connectivity index is 1.57. The summed E-state index contributed by atoms with van der Waals surface area (Å²) in [5, 5.41) is 6.97. The maximum absolute atomic E-state index is 13.8. The molecular formula is C20H20FN3O. The fourth-order valence-electron chi connectivity index (χ4n) is 2.66. The van der Waals surface area contributed by atoms with Crippen LogP contribution in [0.3, 0.4) is 0 Å². The van der Waals surface area contributed by atoms with Crippen molar-refractivity contribution in [2.75, 3.05) is 6.54 Å². The molecule has 1 aromatic heterocycles. The van der Waals surface area contributed by atoms with E-state index in [0.717, 1.165) is 6.42 Å². The molecule has 5 heteroatoms. The first-order valence-corrected chi connectivity index (χ1v) is 8.28. The van der Waals surface area contributed by atoms with Gasteiger partial charge in [-0.15, -0.1) is 0 Å². The Morgan fingerprint density at radius 3 is 2.64 bits per heavy atom. The summed E-state index contributed by atoms with van der Waals surface area (Å²) < 4.78 is 15.1. The van der Waals surface area contributed by atoms with E-state index in [9.17, 15) is 9.18 Å². The van der Waals surface area contributed by atoms with Crippen LogP contribution >= 0.6 is 0 Å². The third-order valence-electron chi connectivity index (χ3n) is 4.18. The van der Waals surface area contributed by atoms with Gasteiger partial charge in [0.05, 0.1) is 11.8 Å². The quantitative estimate of drug-likeness (QED) is 0.741. The van der Waals surface area contributed by atoms with Crippen molar-refractivity contribution in [2.45, 2.75) is 19.3 Å². The molecule has 0 aliphatic carbocycles. The Bertz CT molecular complexity index is 845. The molecular weight excluding hydrogens is 317 g/mol. The van der Waals surface area contributed by atoms with Gasteiger partial charge in [-0.25, -0.2) is 9.07 Å². The van der Waals surface area contributed by atoms with Gasteiger partial charge in [0.1, 0.15) is 11.5 Å². The summed E-state index contributed by atoms with van der Waals surface area (Å²) in [7, 11) is 0. The van der Waals surface area contributed by atoms with Crippen LogP contribution in [0.25, 0.3) is 5.69 Å². The van der Waals surface area contributed by atoms with Gasteiger partial charge in [-0.2, -0.15) is 5.10 Å². The molecule has 1 N–H and O–H groups in total. The predicted molar refractivity (Wildman–Crippen MR) is 95.3 cm³/mol. The summed E-state index contributed by atoms with van der Waals surface area (Å²) in [6.45, 7) is 2.71. The van der Waals surface area contributed by atoms with Crippen LogP contribution in [0.15, 0.2) is 67.0 Å². The zero-order valence-corrected chi connectivity index (χ0v) is 14.0. The second-order valence-electron chi connectivity index (χ2n) is 5.98. The molecule has 0 spiro atoms. The molecule has 128 valence electrons. The Labute approximate surface area is 146 Å². The zero-order valence-electron chi connectivity index (χ0n) is 14.0. The number of hydrogen-bond donors (Lipinski definition) is 1. The van der Waals surface area contributed by atoms with Crippen molar-refractivity contribution in [1.29, 1.82) is 0 Å². The van der Waals surface area contributed by atoms with Crippen LogP contribution < -0.4 is 5.32 Å². The van der Waals surface area contributed by atoms with E-state index < -0.39 is 0 Å². The van der Waals surface area contributed by atoms with E-state index in [1.54, 1.807) is 18.2 Å². The average molecular weight is 337 g/mol. The highest BCUT2D eigenvalue weighted by molar-refractivity contribution is 5.93. The number of hydrogen-bond acceptors (Lipinski definition) is 2. The van der Waals surface area contributed by atoms with E-state index in [4.69, 9.17) is 0 Å². The average Bonchev–Trinajstić information content (AvgIpc) is 3.12. The van der Waals surface area contributed by atoms with E-state index in [0.29, 0.717) is 23.7 Å². The van der Waals surface area contributed by atoms with Crippen molar-refractivity contribution in [3.05, 3.63) is 83.9 Å². The first kappa shape index (κ1) is 16.9. The maximum Gasteiger partial charge on any atom is 0.254 e. The summed E-state index contributed by atoms with van der Waals surface area (Å²) >= 11 is 0. The van der Waals surface area contributed by atoms with E-state index >= 15 is 0 Å². The lowest BCUT2D eigenvalue weighted by Crippen LogP contribution is -2.25. The van der Waals surface area contributed by atoms with Crippen molar-refractivity contribution in [3.8, 4) is 5.69 Å². The predicted octanol–water partition coefficient (Wildman–Crippen LogP) is 3.94. The lowest BCUT2D eigenvalue weighted by molar-refractivity contribution is 0.0952. The fourth-order valence-corrected chi connectivity index (χ4v) is 2.66. The highest BCUT2D eigenvalue weighted by atomic mass is 19.1. The number of nitrogens with one attached hydrogen (secondary N) is 1. The molecule has 1 heterocycles. The molecule has 0 bridgehead atoms. The molecule has 3 rings (SSSR count). The Kier molecular flexibility index (Phi) is 5.23. The molecule has 0 aliphatic heterocycles. The first-order valence-electron chi connectivity index (χ1n) is 8.28. The van der Waals surface area contributed by atoms with Gasteiger partial charge in [-0.1, -0.05) is 49.4 Å². The fraction of sp³-hybridized carbons (Fsp3) is 0.200. The minimum Gasteiger partial charge on any atom is -0.352 e. The van der Waals surface area contributed by atoms with E-state index in [1.807, 2.05) is 18.2 Å². The van der Waals surface area contributed by atoms with Gasteiger partial charge < -0.3 is 5.32 Å². The number of para-hydroxylation sites is 1. The van der Waals surface area contributed by atoms with Crippen LogP contribution in [0.1, 0.15) is 35.2 Å². The van der Waals surface area contributed by atoms with Crippen molar-refractivity contribution >= 4 is 5.91 Å². The Hall–Kier alpha value is -2.95. The third kappa shape index (κ3) is 4.12. The third-order valence-corrected chi connectivity index (χ3v) is 4.18. The molecule has 0 aliphatic rings. The molecule has 0 saturated heterocycles. The monoisotopic (exact) mass is 337 g/mol. The van der Waals surface area contributed by atoms with Crippen LogP contribution in [0, 0.1) is 5.82 Å². The summed E-state index contributed by atoms with van der Waals surface area (Å²) in [6.07, 6.45) is 3.83. The SMILES string of the molecule is CC(CCNC(=O)c1cnn(-c2ccccc2F)c1)c1ccccc1. The largest absolute Gasteiger partial charge is 0.352 e.